The average molecular weight is 307 g/mol. The monoisotopic (exact) mass is 307 g/mol. The lowest BCUT2D eigenvalue weighted by atomic mass is 10.1. The second kappa shape index (κ2) is 13.4. The third-order valence-corrected chi connectivity index (χ3v) is 2.53. The van der Waals surface area contributed by atoms with Crippen LogP contribution in [0.3, 0.4) is 0 Å². The quantitative estimate of drug-likeness (QED) is 0.225. The van der Waals surface area contributed by atoms with Crippen molar-refractivity contribution < 1.29 is 29.8 Å². The van der Waals surface area contributed by atoms with Crippen molar-refractivity contribution in [3.8, 4) is 0 Å². The van der Waals surface area contributed by atoms with Crippen molar-refractivity contribution >= 4 is 17.7 Å². The molecule has 9 nitrogen and oxygen atoms in total. The molecule has 124 valence electrons. The number of nitrogens with one attached hydrogen (secondary N) is 1. The maximum absolute atomic E-state index is 10.3. The highest BCUT2D eigenvalue weighted by Gasteiger charge is 2.14. The van der Waals surface area contributed by atoms with Crippen molar-refractivity contribution in [1.29, 1.82) is 0 Å². The Kier molecular flexibility index (Phi) is 13.9. The predicted octanol–water partition coefficient (Wildman–Crippen LogP) is -0.685. The third kappa shape index (κ3) is 14.7. The number of hydroxylamine groups is 1. The Morgan fingerprint density at radius 3 is 2.00 bits per heavy atom. The summed E-state index contributed by atoms with van der Waals surface area (Å²) < 4.78 is 0. The molecule has 0 radical (unpaired) electrons. The van der Waals surface area contributed by atoms with Crippen LogP contribution in [-0.4, -0.2) is 51.8 Å². The number of rotatable bonds is 10. The summed E-state index contributed by atoms with van der Waals surface area (Å²) >= 11 is 0. The predicted molar refractivity (Wildman–Crippen MR) is 74.8 cm³/mol. The van der Waals surface area contributed by atoms with Gasteiger partial charge in [0.05, 0.1) is 0 Å². The summed E-state index contributed by atoms with van der Waals surface area (Å²) in [6, 6.07) is -1.76. The number of hydrogen-bond donors (Lipinski definition) is 6. The maximum atomic E-state index is 10.3. The van der Waals surface area contributed by atoms with E-state index in [1.807, 2.05) is 0 Å². The molecule has 0 spiro atoms. The Morgan fingerprint density at radius 2 is 1.67 bits per heavy atom. The van der Waals surface area contributed by atoms with Gasteiger partial charge >= 0.3 is 11.9 Å². The molecule has 0 aliphatic heterocycles. The first kappa shape index (κ1) is 21.7. The van der Waals surface area contributed by atoms with Crippen LogP contribution in [0.2, 0.25) is 0 Å². The second-order valence-corrected chi connectivity index (χ2v) is 4.49. The second-order valence-electron chi connectivity index (χ2n) is 4.49. The Bertz CT molecular complexity index is 324. The zero-order chi connectivity index (χ0) is 16.8. The lowest BCUT2D eigenvalue weighted by Crippen LogP contribution is -2.34. The molecule has 21 heavy (non-hydrogen) atoms. The smallest absolute Gasteiger partial charge is 0.323 e. The van der Waals surface area contributed by atoms with E-state index in [0.29, 0.717) is 19.4 Å². The Labute approximate surface area is 123 Å². The fraction of sp³-hybridized carbons (Fsp3) is 0.750. The minimum absolute atomic E-state index is 0.0308. The highest BCUT2D eigenvalue weighted by Crippen LogP contribution is 1.99. The van der Waals surface area contributed by atoms with Gasteiger partial charge in [-0.3, -0.25) is 9.59 Å². The van der Waals surface area contributed by atoms with Gasteiger partial charge < -0.3 is 31.7 Å². The largest absolute Gasteiger partial charge is 0.480 e. The Morgan fingerprint density at radius 1 is 1.10 bits per heavy atom. The van der Waals surface area contributed by atoms with E-state index in [9.17, 15) is 14.4 Å². The van der Waals surface area contributed by atoms with Crippen molar-refractivity contribution in [3.63, 3.8) is 0 Å². The van der Waals surface area contributed by atoms with Crippen molar-refractivity contribution in [3.05, 3.63) is 0 Å². The summed E-state index contributed by atoms with van der Waals surface area (Å²) in [5, 5.41) is 25.0. The first-order chi connectivity index (χ1) is 9.76. The normalized spacial score (nSPS) is 12.8. The van der Waals surface area contributed by atoms with Gasteiger partial charge in [0.1, 0.15) is 17.9 Å². The van der Waals surface area contributed by atoms with E-state index in [-0.39, 0.29) is 18.6 Å². The first-order valence-corrected chi connectivity index (χ1v) is 6.56. The highest BCUT2D eigenvalue weighted by atomic mass is 16.5. The third-order valence-electron chi connectivity index (χ3n) is 2.53. The molecule has 0 aromatic heterocycles. The molecule has 0 saturated carbocycles. The van der Waals surface area contributed by atoms with E-state index in [0.717, 1.165) is 6.42 Å². The number of hydrogen-bond acceptors (Lipinski definition) is 7. The molecule has 0 unspecified atom stereocenters. The van der Waals surface area contributed by atoms with Crippen molar-refractivity contribution in [2.75, 3.05) is 6.54 Å². The fourth-order valence-corrected chi connectivity index (χ4v) is 1.22. The molecule has 2 atom stereocenters. The van der Waals surface area contributed by atoms with Gasteiger partial charge in [-0.25, -0.2) is 0 Å². The van der Waals surface area contributed by atoms with Crippen LogP contribution in [0.4, 0.5) is 0 Å². The SMILES string of the molecule is CC(=O)CC[C@H](N)C(=O)O.NCCCC[C@H](NO)C(=O)O. The van der Waals surface area contributed by atoms with Gasteiger partial charge in [-0.05, 0) is 39.2 Å². The van der Waals surface area contributed by atoms with Crippen molar-refractivity contribution in [2.24, 2.45) is 11.5 Å². The van der Waals surface area contributed by atoms with Crippen LogP contribution in [-0.2, 0) is 14.4 Å². The first-order valence-electron chi connectivity index (χ1n) is 6.56. The number of nitrogens with two attached hydrogens (primary N) is 2. The van der Waals surface area contributed by atoms with E-state index >= 15 is 0 Å². The number of ketones is 1. The lowest BCUT2D eigenvalue weighted by molar-refractivity contribution is -0.142. The van der Waals surface area contributed by atoms with E-state index < -0.39 is 24.0 Å². The zero-order valence-electron chi connectivity index (χ0n) is 12.1. The number of carboxylic acids is 2. The molecule has 0 fully saturated rings. The molecule has 0 saturated heterocycles. The molecule has 0 bridgehead atoms. The van der Waals surface area contributed by atoms with Gasteiger partial charge in [-0.2, -0.15) is 5.48 Å². The Hall–Kier alpha value is -1.55. The number of Topliss-reactive ketones (excluding diaryl/α,β-unsaturated/α-hetero) is 1. The minimum atomic E-state index is -1.05. The van der Waals surface area contributed by atoms with Crippen LogP contribution in [0, 0.1) is 0 Å². The maximum Gasteiger partial charge on any atom is 0.323 e. The zero-order valence-corrected chi connectivity index (χ0v) is 12.1. The molecule has 0 aromatic carbocycles. The van der Waals surface area contributed by atoms with Crippen LogP contribution < -0.4 is 16.9 Å². The molecular formula is C12H25N3O6. The highest BCUT2D eigenvalue weighted by molar-refractivity contribution is 5.78. The van der Waals surface area contributed by atoms with Crippen LogP contribution >= 0.6 is 0 Å². The van der Waals surface area contributed by atoms with Gasteiger partial charge in [-0.1, -0.05) is 0 Å². The van der Waals surface area contributed by atoms with Crippen LogP contribution in [0.25, 0.3) is 0 Å². The molecule has 0 rings (SSSR count). The standard InChI is InChI=1S/C6H14N2O3.C6H11NO3/c7-4-2-1-3-5(8-11)6(9)10;1-4(8)2-3-5(7)6(9)10/h5,8,11H,1-4,7H2,(H,9,10);5H,2-3,7H2,1H3,(H,9,10)/t2*5-/m00/s1. The van der Waals surface area contributed by atoms with Gasteiger partial charge in [0.15, 0.2) is 0 Å². The van der Waals surface area contributed by atoms with E-state index in [1.165, 1.54) is 6.92 Å². The van der Waals surface area contributed by atoms with Gasteiger partial charge in [0.25, 0.3) is 0 Å². The van der Waals surface area contributed by atoms with Crippen molar-refractivity contribution in [1.82, 2.24) is 5.48 Å². The number of aliphatic carboxylic acids is 2. The van der Waals surface area contributed by atoms with E-state index in [4.69, 9.17) is 26.9 Å². The molecule has 0 aliphatic rings. The van der Waals surface area contributed by atoms with Crippen LogP contribution in [0.1, 0.15) is 39.0 Å². The lowest BCUT2D eigenvalue weighted by Gasteiger charge is -2.08. The number of unbranched alkanes of at least 4 members (excludes halogenated alkanes) is 1. The Balaban J connectivity index is 0. The number of carbonyl (C=O) groups is 3. The van der Waals surface area contributed by atoms with E-state index in [2.05, 4.69) is 0 Å². The summed E-state index contributed by atoms with van der Waals surface area (Å²) in [6.07, 6.45) is 2.37. The fourth-order valence-electron chi connectivity index (χ4n) is 1.22. The van der Waals surface area contributed by atoms with Gasteiger partial charge in [0.2, 0.25) is 0 Å². The average Bonchev–Trinajstić information content (AvgIpc) is 2.41. The molecule has 0 aliphatic carbocycles. The van der Waals surface area contributed by atoms with Gasteiger partial charge in [-0.15, -0.1) is 0 Å². The van der Waals surface area contributed by atoms with Crippen LogP contribution in [0.5, 0.6) is 0 Å². The molecule has 0 amide bonds. The number of carbonyl (C=O) groups excluding carboxylic acids is 1. The molecule has 0 aromatic rings. The molecule has 8 N–H and O–H groups in total. The minimum Gasteiger partial charge on any atom is -0.480 e. The summed E-state index contributed by atoms with van der Waals surface area (Å²) in [4.78, 5) is 30.7. The molecular weight excluding hydrogens is 282 g/mol. The summed E-state index contributed by atoms with van der Waals surface area (Å²) in [5.41, 5.74) is 12.0. The number of carboxylic acid groups (broad SMARTS) is 2. The van der Waals surface area contributed by atoms with Gasteiger partial charge in [0, 0.05) is 6.42 Å². The topological polar surface area (TPSA) is 176 Å². The summed E-state index contributed by atoms with van der Waals surface area (Å²) in [5.74, 6) is -2.12. The molecule has 9 heteroatoms. The van der Waals surface area contributed by atoms with Crippen molar-refractivity contribution in [2.45, 2.75) is 51.1 Å². The van der Waals surface area contributed by atoms with Crippen LogP contribution in [0.15, 0.2) is 0 Å². The molecule has 0 heterocycles. The summed E-state index contributed by atoms with van der Waals surface area (Å²) in [6.45, 7) is 1.96. The summed E-state index contributed by atoms with van der Waals surface area (Å²) in [7, 11) is 0. The van der Waals surface area contributed by atoms with E-state index in [1.54, 1.807) is 5.48 Å².